The number of rotatable bonds is 8. The molecule has 0 radical (unpaired) electrons. The number of benzene rings is 2. The molecule has 39 heavy (non-hydrogen) atoms. The van der Waals surface area contributed by atoms with Gasteiger partial charge < -0.3 is 30.3 Å². The van der Waals surface area contributed by atoms with Gasteiger partial charge in [0.05, 0.1) is 10.9 Å². The summed E-state index contributed by atoms with van der Waals surface area (Å²) in [5, 5.41) is 33.0. The molecule has 2 aromatic carbocycles. The van der Waals surface area contributed by atoms with Crippen molar-refractivity contribution < 1.29 is 39.2 Å². The van der Waals surface area contributed by atoms with Crippen LogP contribution in [-0.4, -0.2) is 84.4 Å². The Kier molecular flexibility index (Phi) is 9.82. The third-order valence-corrected chi connectivity index (χ3v) is 6.42. The zero-order valence-electron chi connectivity index (χ0n) is 20.7. The summed E-state index contributed by atoms with van der Waals surface area (Å²) in [6, 6.07) is 12.6. The first-order valence-electron chi connectivity index (χ1n) is 12.0. The molecule has 13 heteroatoms. The van der Waals surface area contributed by atoms with E-state index in [1.54, 1.807) is 24.3 Å². The number of carbonyl (C=O) groups is 3. The fraction of sp³-hybridized carbons (Fsp3) is 0.346. The number of carboxylic acid groups (broad SMARTS) is 2. The third-order valence-electron chi connectivity index (χ3n) is 6.42. The Morgan fingerprint density at radius 1 is 0.897 bits per heavy atom. The number of carbonyl (C=O) groups excluding carboxylic acids is 1. The number of nitrogens with one attached hydrogen (secondary N) is 1. The Hall–Kier alpha value is -4.20. The van der Waals surface area contributed by atoms with Crippen LogP contribution in [0.2, 0.25) is 0 Å². The Morgan fingerprint density at radius 3 is 2.03 bits per heavy atom. The molecular weight excluding hydrogens is 517 g/mol. The second kappa shape index (κ2) is 13.0. The lowest BCUT2D eigenvalue weighted by Gasteiger charge is -2.31. The number of ketones is 1. The van der Waals surface area contributed by atoms with E-state index in [4.69, 9.17) is 20.4 Å². The number of halogens is 1. The standard InChI is InChI=1S/C22H22FN3O3.C4H6O6/c23-17-7-5-15(6-8-17)20(27)16-9-11-25(12-10-16)13-14-26-21(28)18-3-1-2-4-19(18)24-22(26)29;5-1(3(7)8)2(6)4(9)10/h1-8,16H,9-14H2,(H,24,29);1-2,5-6H,(H,7,8)(H,9,10). The van der Waals surface area contributed by atoms with E-state index in [-0.39, 0.29) is 23.1 Å². The molecule has 208 valence electrons. The molecule has 1 saturated heterocycles. The molecule has 2 heterocycles. The fourth-order valence-electron chi connectivity index (χ4n) is 4.18. The van der Waals surface area contributed by atoms with Crippen molar-refractivity contribution in [2.24, 2.45) is 5.92 Å². The maximum Gasteiger partial charge on any atom is 0.335 e. The summed E-state index contributed by atoms with van der Waals surface area (Å²) in [7, 11) is 0. The molecule has 4 rings (SSSR count). The van der Waals surface area contributed by atoms with Crippen molar-refractivity contribution in [3.63, 3.8) is 0 Å². The fourth-order valence-corrected chi connectivity index (χ4v) is 4.18. The van der Waals surface area contributed by atoms with Gasteiger partial charge in [-0.3, -0.25) is 14.2 Å². The van der Waals surface area contributed by atoms with Gasteiger partial charge in [0, 0.05) is 24.6 Å². The van der Waals surface area contributed by atoms with Gasteiger partial charge in [-0.2, -0.15) is 0 Å². The molecule has 1 aliphatic heterocycles. The Balaban J connectivity index is 0.000000360. The average molecular weight is 546 g/mol. The first kappa shape index (κ1) is 29.4. The normalized spacial score (nSPS) is 15.7. The first-order valence-corrected chi connectivity index (χ1v) is 12.0. The molecule has 0 saturated carbocycles. The summed E-state index contributed by atoms with van der Waals surface area (Å²) in [5.74, 6) is -3.92. The number of aliphatic hydroxyl groups excluding tert-OH is 2. The summed E-state index contributed by atoms with van der Waals surface area (Å²) in [6.07, 6.45) is -3.12. The highest BCUT2D eigenvalue weighted by Crippen LogP contribution is 2.22. The predicted octanol–water partition coefficient (Wildman–Crippen LogP) is 0.301. The van der Waals surface area contributed by atoms with Gasteiger partial charge in [-0.1, -0.05) is 12.1 Å². The number of para-hydroxylation sites is 1. The molecule has 0 amide bonds. The second-order valence-corrected chi connectivity index (χ2v) is 8.99. The minimum absolute atomic E-state index is 0.0480. The second-order valence-electron chi connectivity index (χ2n) is 8.99. The Morgan fingerprint density at radius 2 is 1.46 bits per heavy atom. The number of piperidine rings is 1. The molecular formula is C26H28FN3O9. The van der Waals surface area contributed by atoms with Crippen LogP contribution in [0.5, 0.6) is 0 Å². The molecule has 1 aromatic heterocycles. The predicted molar refractivity (Wildman–Crippen MR) is 136 cm³/mol. The Labute approximate surface area is 220 Å². The molecule has 1 fully saturated rings. The number of H-pyrrole nitrogens is 1. The minimum Gasteiger partial charge on any atom is -0.479 e. The van der Waals surface area contributed by atoms with E-state index in [0.717, 1.165) is 13.1 Å². The summed E-state index contributed by atoms with van der Waals surface area (Å²) in [5.41, 5.74) is 0.388. The number of aromatic amines is 1. The summed E-state index contributed by atoms with van der Waals surface area (Å²) in [4.78, 5) is 61.9. The average Bonchev–Trinajstić information content (AvgIpc) is 2.92. The van der Waals surface area contributed by atoms with Crippen LogP contribution in [0.25, 0.3) is 10.9 Å². The van der Waals surface area contributed by atoms with Gasteiger partial charge in [0.1, 0.15) is 5.82 Å². The highest BCUT2D eigenvalue weighted by atomic mass is 19.1. The van der Waals surface area contributed by atoms with E-state index in [1.807, 2.05) is 0 Å². The van der Waals surface area contributed by atoms with Gasteiger partial charge in [-0.25, -0.2) is 18.8 Å². The van der Waals surface area contributed by atoms with Gasteiger partial charge >= 0.3 is 17.6 Å². The van der Waals surface area contributed by atoms with Gasteiger partial charge in [0.2, 0.25) is 0 Å². The lowest BCUT2D eigenvalue weighted by molar-refractivity contribution is -0.165. The molecule has 0 aliphatic carbocycles. The number of likely N-dealkylation sites (tertiary alicyclic amines) is 1. The lowest BCUT2D eigenvalue weighted by atomic mass is 9.89. The largest absolute Gasteiger partial charge is 0.479 e. The smallest absolute Gasteiger partial charge is 0.335 e. The number of hydrogen-bond acceptors (Lipinski definition) is 8. The Bertz CT molecular complexity index is 1430. The van der Waals surface area contributed by atoms with E-state index >= 15 is 0 Å². The third kappa shape index (κ3) is 7.44. The first-order chi connectivity index (χ1) is 18.5. The van der Waals surface area contributed by atoms with Crippen LogP contribution >= 0.6 is 0 Å². The van der Waals surface area contributed by atoms with Crippen molar-refractivity contribution in [2.75, 3.05) is 19.6 Å². The van der Waals surface area contributed by atoms with Crippen LogP contribution in [-0.2, 0) is 16.1 Å². The summed E-state index contributed by atoms with van der Waals surface area (Å²) in [6.45, 7) is 2.31. The monoisotopic (exact) mass is 545 g/mol. The van der Waals surface area contributed by atoms with Crippen molar-refractivity contribution in [3.8, 4) is 0 Å². The van der Waals surface area contributed by atoms with Crippen LogP contribution in [0, 0.1) is 11.7 Å². The molecule has 1 aliphatic rings. The van der Waals surface area contributed by atoms with Crippen LogP contribution in [0.15, 0.2) is 58.1 Å². The highest BCUT2D eigenvalue weighted by Gasteiger charge is 2.29. The molecule has 0 bridgehead atoms. The number of fused-ring (bicyclic) bond motifs is 1. The number of aliphatic carboxylic acids is 2. The molecule has 2 unspecified atom stereocenters. The van der Waals surface area contributed by atoms with Gasteiger partial charge in [0.15, 0.2) is 18.0 Å². The van der Waals surface area contributed by atoms with Gasteiger partial charge in [0.25, 0.3) is 5.56 Å². The van der Waals surface area contributed by atoms with Crippen LogP contribution < -0.4 is 11.2 Å². The SMILES string of the molecule is O=C(O)C(O)C(O)C(=O)O.O=C(c1ccc(F)cc1)C1CCN(CCn2c(=O)[nH]c3ccccc3c2=O)CC1. The maximum atomic E-state index is 13.0. The number of aromatic nitrogens is 2. The van der Waals surface area contributed by atoms with E-state index < -0.39 is 29.8 Å². The topological polar surface area (TPSA) is 190 Å². The van der Waals surface area contributed by atoms with Gasteiger partial charge in [-0.05, 0) is 62.3 Å². The molecule has 12 nitrogen and oxygen atoms in total. The summed E-state index contributed by atoms with van der Waals surface area (Å²) >= 11 is 0. The van der Waals surface area contributed by atoms with Crippen molar-refractivity contribution in [2.45, 2.75) is 31.6 Å². The maximum absolute atomic E-state index is 13.0. The number of hydrogen-bond donors (Lipinski definition) is 5. The van der Waals surface area contributed by atoms with Crippen molar-refractivity contribution in [1.82, 2.24) is 14.5 Å². The van der Waals surface area contributed by atoms with E-state index in [9.17, 15) is 28.4 Å². The van der Waals surface area contributed by atoms with Crippen LogP contribution in [0.4, 0.5) is 4.39 Å². The molecule has 2 atom stereocenters. The van der Waals surface area contributed by atoms with Crippen molar-refractivity contribution >= 4 is 28.6 Å². The zero-order valence-corrected chi connectivity index (χ0v) is 20.7. The van der Waals surface area contributed by atoms with Crippen molar-refractivity contribution in [3.05, 3.63) is 80.7 Å². The van der Waals surface area contributed by atoms with E-state index in [0.29, 0.717) is 42.4 Å². The lowest BCUT2D eigenvalue weighted by Crippen LogP contribution is -2.42. The van der Waals surface area contributed by atoms with Crippen molar-refractivity contribution in [1.29, 1.82) is 0 Å². The molecule has 3 aromatic rings. The van der Waals surface area contributed by atoms with E-state index in [1.165, 1.54) is 28.8 Å². The quantitative estimate of drug-likeness (QED) is 0.246. The molecule has 5 N–H and O–H groups in total. The molecule has 0 spiro atoms. The van der Waals surface area contributed by atoms with Crippen LogP contribution in [0.3, 0.4) is 0 Å². The number of aliphatic hydroxyl groups is 2. The zero-order chi connectivity index (χ0) is 28.7. The number of carboxylic acids is 2. The van der Waals surface area contributed by atoms with Gasteiger partial charge in [-0.15, -0.1) is 0 Å². The van der Waals surface area contributed by atoms with E-state index in [2.05, 4.69) is 9.88 Å². The highest BCUT2D eigenvalue weighted by molar-refractivity contribution is 5.97. The minimum atomic E-state index is -2.27. The number of nitrogens with zero attached hydrogens (tertiary/aromatic N) is 2. The summed E-state index contributed by atoms with van der Waals surface area (Å²) < 4.78 is 14.3. The van der Waals surface area contributed by atoms with Crippen LogP contribution in [0.1, 0.15) is 23.2 Å². The number of Topliss-reactive ketones (excluding diaryl/α,β-unsaturated/α-hetero) is 1.